The van der Waals surface area contributed by atoms with Gasteiger partial charge in [0.1, 0.15) is 6.61 Å². The summed E-state index contributed by atoms with van der Waals surface area (Å²) in [6, 6.07) is 9.24. The van der Waals surface area contributed by atoms with E-state index < -0.39 is 23.7 Å². The average Bonchev–Trinajstić information content (AvgIpc) is 3.35. The van der Waals surface area contributed by atoms with Gasteiger partial charge in [0.05, 0.1) is 5.92 Å². The minimum Gasteiger partial charge on any atom is -0.445 e. The number of benzene rings is 1. The first kappa shape index (κ1) is 26.5. The Bertz CT molecular complexity index is 989. The fourth-order valence-corrected chi connectivity index (χ4v) is 4.18. The Morgan fingerprint density at radius 3 is 2.51 bits per heavy atom. The largest absolute Gasteiger partial charge is 0.445 e. The SMILES string of the molecule is CC(C)Nc1nc(Cl)nc(NNC(=O)[C@@H](CNC(=O)OCc2ccccc2)CC2CCCC2)c1F. The van der Waals surface area contributed by atoms with E-state index in [-0.39, 0.29) is 36.1 Å². The summed E-state index contributed by atoms with van der Waals surface area (Å²) in [7, 11) is 0. The normalized spacial score (nSPS) is 14.4. The highest BCUT2D eigenvalue weighted by Gasteiger charge is 2.26. The van der Waals surface area contributed by atoms with Crippen LogP contribution in [0.4, 0.5) is 20.8 Å². The van der Waals surface area contributed by atoms with Gasteiger partial charge < -0.3 is 15.4 Å². The molecule has 1 aromatic carbocycles. The Balaban J connectivity index is 1.58. The highest BCUT2D eigenvalue weighted by atomic mass is 35.5. The van der Waals surface area contributed by atoms with Crippen molar-refractivity contribution in [1.29, 1.82) is 0 Å². The van der Waals surface area contributed by atoms with Gasteiger partial charge in [-0.15, -0.1) is 0 Å². The van der Waals surface area contributed by atoms with Crippen molar-refractivity contribution < 1.29 is 18.7 Å². The molecule has 2 amide bonds. The topological polar surface area (TPSA) is 117 Å². The van der Waals surface area contributed by atoms with Crippen LogP contribution in [0.25, 0.3) is 0 Å². The van der Waals surface area contributed by atoms with Gasteiger partial charge in [-0.2, -0.15) is 14.4 Å². The number of carbonyl (C=O) groups excluding carboxylic acids is 2. The van der Waals surface area contributed by atoms with Gasteiger partial charge >= 0.3 is 6.09 Å². The van der Waals surface area contributed by atoms with Crippen molar-refractivity contribution >= 4 is 35.2 Å². The number of ether oxygens (including phenoxy) is 1. The summed E-state index contributed by atoms with van der Waals surface area (Å²) in [5.41, 5.74) is 5.88. The Morgan fingerprint density at radius 1 is 1.14 bits per heavy atom. The Kier molecular flexibility index (Phi) is 9.89. The number of halogens is 2. The van der Waals surface area contributed by atoms with Crippen LogP contribution in [0.3, 0.4) is 0 Å². The molecule has 1 heterocycles. The highest BCUT2D eigenvalue weighted by Crippen LogP contribution is 2.30. The van der Waals surface area contributed by atoms with Crippen LogP contribution < -0.4 is 21.5 Å². The lowest BCUT2D eigenvalue weighted by Crippen LogP contribution is -2.42. The number of anilines is 2. The number of nitrogens with zero attached hydrogens (tertiary/aromatic N) is 2. The minimum absolute atomic E-state index is 0.0675. The van der Waals surface area contributed by atoms with Crippen molar-refractivity contribution in [1.82, 2.24) is 20.7 Å². The van der Waals surface area contributed by atoms with Crippen molar-refractivity contribution in [2.75, 3.05) is 17.3 Å². The molecule has 0 radical (unpaired) electrons. The molecular formula is C24H32ClFN6O3. The van der Waals surface area contributed by atoms with Gasteiger partial charge in [0.15, 0.2) is 11.6 Å². The van der Waals surface area contributed by atoms with Crippen LogP contribution in [0.2, 0.25) is 5.28 Å². The maximum absolute atomic E-state index is 14.7. The van der Waals surface area contributed by atoms with E-state index in [0.29, 0.717) is 12.3 Å². The van der Waals surface area contributed by atoms with Crippen LogP contribution in [0, 0.1) is 17.7 Å². The number of nitrogens with one attached hydrogen (secondary N) is 4. The lowest BCUT2D eigenvalue weighted by atomic mass is 9.92. The summed E-state index contributed by atoms with van der Waals surface area (Å²) in [5, 5.41) is 5.35. The first-order valence-electron chi connectivity index (χ1n) is 11.8. The van der Waals surface area contributed by atoms with Gasteiger partial charge in [-0.3, -0.25) is 15.6 Å². The molecule has 4 N–H and O–H groups in total. The van der Waals surface area contributed by atoms with E-state index in [0.717, 1.165) is 31.2 Å². The molecule has 0 aliphatic heterocycles. The summed E-state index contributed by atoms with van der Waals surface area (Å²) in [6.45, 7) is 3.88. The van der Waals surface area contributed by atoms with E-state index in [1.54, 1.807) is 0 Å². The Hall–Kier alpha value is -3.14. The molecule has 9 nitrogen and oxygen atoms in total. The monoisotopic (exact) mass is 506 g/mol. The molecule has 0 unspecified atom stereocenters. The lowest BCUT2D eigenvalue weighted by Gasteiger charge is -2.21. The molecule has 1 aromatic heterocycles. The molecule has 1 saturated carbocycles. The molecule has 0 spiro atoms. The molecule has 3 rings (SSSR count). The summed E-state index contributed by atoms with van der Waals surface area (Å²) in [6.07, 6.45) is 4.32. The fraction of sp³-hybridized carbons (Fsp3) is 0.500. The van der Waals surface area contributed by atoms with Crippen LogP contribution in [0.5, 0.6) is 0 Å². The second kappa shape index (κ2) is 13.1. The van der Waals surface area contributed by atoms with Crippen LogP contribution in [-0.4, -0.2) is 34.6 Å². The van der Waals surface area contributed by atoms with Gasteiger partial charge in [-0.1, -0.05) is 56.0 Å². The molecule has 2 aromatic rings. The van der Waals surface area contributed by atoms with E-state index in [2.05, 4.69) is 31.5 Å². The maximum atomic E-state index is 14.7. The summed E-state index contributed by atoms with van der Waals surface area (Å²) < 4.78 is 20.0. The van der Waals surface area contributed by atoms with Crippen molar-refractivity contribution in [3.63, 3.8) is 0 Å². The van der Waals surface area contributed by atoms with Crippen molar-refractivity contribution in [2.45, 2.75) is 58.6 Å². The third-order valence-electron chi connectivity index (χ3n) is 5.72. The molecule has 11 heteroatoms. The Labute approximate surface area is 209 Å². The van der Waals surface area contributed by atoms with E-state index in [1.165, 1.54) is 0 Å². The number of hydrogen-bond donors (Lipinski definition) is 4. The quantitative estimate of drug-likeness (QED) is 0.259. The molecule has 1 fully saturated rings. The zero-order chi connectivity index (χ0) is 25.2. The fourth-order valence-electron chi connectivity index (χ4n) is 4.01. The molecule has 190 valence electrons. The third kappa shape index (κ3) is 8.54. The zero-order valence-corrected chi connectivity index (χ0v) is 20.7. The number of amides is 2. The molecule has 0 saturated heterocycles. The zero-order valence-electron chi connectivity index (χ0n) is 19.9. The maximum Gasteiger partial charge on any atom is 0.407 e. The molecule has 1 aliphatic carbocycles. The molecule has 0 bridgehead atoms. The van der Waals surface area contributed by atoms with Crippen LogP contribution in [0.1, 0.15) is 51.5 Å². The number of hydrazine groups is 1. The smallest absolute Gasteiger partial charge is 0.407 e. The lowest BCUT2D eigenvalue weighted by molar-refractivity contribution is -0.124. The number of carbonyl (C=O) groups is 2. The number of aromatic nitrogens is 2. The van der Waals surface area contributed by atoms with Crippen molar-refractivity contribution in [3.05, 3.63) is 47.0 Å². The van der Waals surface area contributed by atoms with Gasteiger partial charge in [0, 0.05) is 12.6 Å². The van der Waals surface area contributed by atoms with Crippen LogP contribution in [0.15, 0.2) is 30.3 Å². The second-order valence-electron chi connectivity index (χ2n) is 8.94. The average molecular weight is 507 g/mol. The minimum atomic E-state index is -0.765. The summed E-state index contributed by atoms with van der Waals surface area (Å²) in [5.74, 6) is -1.63. The predicted molar refractivity (Wildman–Crippen MR) is 132 cm³/mol. The van der Waals surface area contributed by atoms with Crippen molar-refractivity contribution in [3.8, 4) is 0 Å². The van der Waals surface area contributed by atoms with E-state index in [9.17, 15) is 14.0 Å². The molecule has 1 atom stereocenters. The van der Waals surface area contributed by atoms with Gasteiger partial charge in [0.25, 0.3) is 0 Å². The van der Waals surface area contributed by atoms with Gasteiger partial charge in [-0.05, 0) is 43.4 Å². The first-order chi connectivity index (χ1) is 16.8. The van der Waals surface area contributed by atoms with Crippen LogP contribution >= 0.6 is 11.6 Å². The van der Waals surface area contributed by atoms with E-state index in [1.807, 2.05) is 44.2 Å². The summed E-state index contributed by atoms with van der Waals surface area (Å²) in [4.78, 5) is 32.8. The number of alkyl carbamates (subject to hydrolysis) is 1. The summed E-state index contributed by atoms with van der Waals surface area (Å²) >= 11 is 5.91. The Morgan fingerprint density at radius 2 is 1.83 bits per heavy atom. The van der Waals surface area contributed by atoms with E-state index in [4.69, 9.17) is 16.3 Å². The molecule has 1 aliphatic rings. The van der Waals surface area contributed by atoms with Crippen molar-refractivity contribution in [2.24, 2.45) is 11.8 Å². The predicted octanol–water partition coefficient (Wildman–Crippen LogP) is 4.66. The standard InChI is InChI=1S/C24H32ClFN6O3/c1-15(2)28-20-19(26)21(30-23(25)29-20)31-32-22(33)18(12-16-8-6-7-9-16)13-27-24(34)35-14-17-10-4-3-5-11-17/h3-5,10-11,15-16,18H,6-9,12-14H2,1-2H3,(H,27,34)(H,32,33)(H2,28,29,30,31)/t18-/m1/s1. The number of rotatable bonds is 11. The highest BCUT2D eigenvalue weighted by molar-refractivity contribution is 6.28. The first-order valence-corrected chi connectivity index (χ1v) is 12.2. The number of hydrogen-bond acceptors (Lipinski definition) is 7. The third-order valence-corrected chi connectivity index (χ3v) is 5.89. The molecular weight excluding hydrogens is 475 g/mol. The van der Waals surface area contributed by atoms with Gasteiger partial charge in [-0.25, -0.2) is 4.79 Å². The second-order valence-corrected chi connectivity index (χ2v) is 9.28. The van der Waals surface area contributed by atoms with Gasteiger partial charge in [0.2, 0.25) is 17.0 Å². The van der Waals surface area contributed by atoms with E-state index >= 15 is 0 Å². The molecule has 35 heavy (non-hydrogen) atoms. The van der Waals surface area contributed by atoms with Crippen LogP contribution in [-0.2, 0) is 16.1 Å².